The Morgan fingerprint density at radius 2 is 1.96 bits per heavy atom. The van der Waals surface area contributed by atoms with Crippen molar-refractivity contribution in [1.82, 2.24) is 20.0 Å². The van der Waals surface area contributed by atoms with E-state index in [2.05, 4.69) is 22.0 Å². The molecule has 3 rings (SSSR count). The normalized spacial score (nSPS) is 25.9. The number of carbonyl (C=O) groups is 1. The minimum atomic E-state index is -0.658. The summed E-state index contributed by atoms with van der Waals surface area (Å²) in [5, 5.41) is 18.2. The van der Waals surface area contributed by atoms with Crippen LogP contribution in [0.1, 0.15) is 60.8 Å². The molecule has 6 nitrogen and oxygen atoms in total. The Morgan fingerprint density at radius 1 is 1.21 bits per heavy atom. The van der Waals surface area contributed by atoms with E-state index in [0.29, 0.717) is 25.2 Å². The number of hydrogen-bond acceptors (Lipinski definition) is 4. The second kappa shape index (κ2) is 7.23. The summed E-state index contributed by atoms with van der Waals surface area (Å²) >= 11 is 0. The topological polar surface area (TPSA) is 72.5 Å². The third-order valence-electron chi connectivity index (χ3n) is 5.59. The standard InChI is InChI=1S/C18H30N4O2/c1-3-15-14(2)16(20-19-15)17(23)22-11-6-7-18(24,8-12-22)13-21-9-4-5-10-21/h24H,3-13H2,1-2H3,(H,19,20)/t18-/m0/s1. The van der Waals surface area contributed by atoms with Crippen LogP contribution in [0.25, 0.3) is 0 Å². The summed E-state index contributed by atoms with van der Waals surface area (Å²) in [7, 11) is 0. The van der Waals surface area contributed by atoms with E-state index in [4.69, 9.17) is 0 Å². The van der Waals surface area contributed by atoms with Crippen molar-refractivity contribution in [1.29, 1.82) is 0 Å². The molecule has 134 valence electrons. The number of β-amino-alcohol motifs (C(OH)–C–C–N with tert-alkyl or cyclic N) is 1. The van der Waals surface area contributed by atoms with Crippen LogP contribution in [0.3, 0.4) is 0 Å². The second-order valence-electron chi connectivity index (χ2n) is 7.38. The lowest BCUT2D eigenvalue weighted by atomic mass is 9.94. The van der Waals surface area contributed by atoms with Gasteiger partial charge in [-0.1, -0.05) is 6.92 Å². The molecule has 0 radical (unpaired) electrons. The minimum Gasteiger partial charge on any atom is -0.388 e. The monoisotopic (exact) mass is 334 g/mol. The van der Waals surface area contributed by atoms with Crippen molar-refractivity contribution in [2.24, 2.45) is 0 Å². The summed E-state index contributed by atoms with van der Waals surface area (Å²) in [6.45, 7) is 8.26. The molecule has 24 heavy (non-hydrogen) atoms. The van der Waals surface area contributed by atoms with Crippen molar-refractivity contribution < 1.29 is 9.90 Å². The first-order valence-corrected chi connectivity index (χ1v) is 9.30. The number of aromatic amines is 1. The highest BCUT2D eigenvalue weighted by atomic mass is 16.3. The van der Waals surface area contributed by atoms with Crippen LogP contribution in [0.15, 0.2) is 0 Å². The fourth-order valence-corrected chi connectivity index (χ4v) is 4.03. The average Bonchev–Trinajstić information content (AvgIpc) is 3.14. The molecule has 6 heteroatoms. The number of carbonyl (C=O) groups excluding carboxylic acids is 1. The van der Waals surface area contributed by atoms with E-state index in [1.807, 2.05) is 11.8 Å². The lowest BCUT2D eigenvalue weighted by Gasteiger charge is -2.31. The first kappa shape index (κ1) is 17.4. The van der Waals surface area contributed by atoms with E-state index in [0.717, 1.165) is 50.2 Å². The Balaban J connectivity index is 1.64. The molecule has 1 atom stereocenters. The molecule has 2 aliphatic heterocycles. The molecule has 3 heterocycles. The highest BCUT2D eigenvalue weighted by Gasteiger charge is 2.34. The van der Waals surface area contributed by atoms with Crippen LogP contribution < -0.4 is 0 Å². The lowest BCUT2D eigenvalue weighted by molar-refractivity contribution is -0.00291. The number of aliphatic hydroxyl groups is 1. The zero-order valence-electron chi connectivity index (χ0n) is 15.0. The van der Waals surface area contributed by atoms with Crippen molar-refractivity contribution in [3.8, 4) is 0 Å². The van der Waals surface area contributed by atoms with Crippen LogP contribution in [-0.2, 0) is 6.42 Å². The van der Waals surface area contributed by atoms with Gasteiger partial charge in [-0.2, -0.15) is 5.10 Å². The van der Waals surface area contributed by atoms with Crippen LogP contribution in [0.5, 0.6) is 0 Å². The highest BCUT2D eigenvalue weighted by Crippen LogP contribution is 2.26. The SMILES string of the molecule is CCc1[nH]nc(C(=O)N2CCC[C@@](O)(CN3CCCC3)CC2)c1C. The molecule has 2 saturated heterocycles. The fourth-order valence-electron chi connectivity index (χ4n) is 4.03. The molecule has 1 amide bonds. The van der Waals surface area contributed by atoms with E-state index in [-0.39, 0.29) is 5.91 Å². The number of amides is 1. The maximum absolute atomic E-state index is 12.8. The van der Waals surface area contributed by atoms with Gasteiger partial charge < -0.3 is 14.9 Å². The summed E-state index contributed by atoms with van der Waals surface area (Å²) in [6.07, 6.45) is 5.59. The van der Waals surface area contributed by atoms with E-state index in [9.17, 15) is 9.90 Å². The van der Waals surface area contributed by atoms with E-state index in [1.54, 1.807) is 0 Å². The molecule has 2 aliphatic rings. The second-order valence-corrected chi connectivity index (χ2v) is 7.38. The van der Waals surface area contributed by atoms with Gasteiger partial charge >= 0.3 is 0 Å². The van der Waals surface area contributed by atoms with Crippen molar-refractivity contribution >= 4 is 5.91 Å². The number of H-pyrrole nitrogens is 1. The van der Waals surface area contributed by atoms with Gasteiger partial charge in [-0.3, -0.25) is 9.89 Å². The highest BCUT2D eigenvalue weighted by molar-refractivity contribution is 5.93. The number of likely N-dealkylation sites (tertiary alicyclic amines) is 2. The predicted molar refractivity (Wildman–Crippen MR) is 93.1 cm³/mol. The van der Waals surface area contributed by atoms with Crippen LogP contribution >= 0.6 is 0 Å². The minimum absolute atomic E-state index is 0.00567. The Bertz CT molecular complexity index is 580. The van der Waals surface area contributed by atoms with Gasteiger partial charge in [-0.15, -0.1) is 0 Å². The average molecular weight is 334 g/mol. The van der Waals surface area contributed by atoms with Crippen LogP contribution in [0, 0.1) is 6.92 Å². The van der Waals surface area contributed by atoms with Gasteiger partial charge in [0.1, 0.15) is 0 Å². The molecule has 1 aromatic rings. The summed E-state index contributed by atoms with van der Waals surface area (Å²) < 4.78 is 0. The molecule has 2 N–H and O–H groups in total. The van der Waals surface area contributed by atoms with E-state index in [1.165, 1.54) is 12.8 Å². The van der Waals surface area contributed by atoms with Crippen molar-refractivity contribution in [3.05, 3.63) is 17.0 Å². The number of aromatic nitrogens is 2. The van der Waals surface area contributed by atoms with Gasteiger partial charge in [0.15, 0.2) is 5.69 Å². The first-order valence-electron chi connectivity index (χ1n) is 9.30. The van der Waals surface area contributed by atoms with Crippen LogP contribution in [-0.4, -0.2) is 69.3 Å². The predicted octanol–water partition coefficient (Wildman–Crippen LogP) is 1.73. The number of aryl methyl sites for hydroxylation is 1. The molecular weight excluding hydrogens is 304 g/mol. The van der Waals surface area contributed by atoms with Gasteiger partial charge in [0, 0.05) is 30.9 Å². The quantitative estimate of drug-likeness (QED) is 0.880. The van der Waals surface area contributed by atoms with Crippen molar-refractivity contribution in [3.63, 3.8) is 0 Å². The Morgan fingerprint density at radius 3 is 2.62 bits per heavy atom. The zero-order valence-corrected chi connectivity index (χ0v) is 15.0. The van der Waals surface area contributed by atoms with E-state index >= 15 is 0 Å². The largest absolute Gasteiger partial charge is 0.388 e. The number of nitrogens with zero attached hydrogens (tertiary/aromatic N) is 3. The maximum Gasteiger partial charge on any atom is 0.274 e. The van der Waals surface area contributed by atoms with Crippen LogP contribution in [0.2, 0.25) is 0 Å². The number of hydrogen-bond donors (Lipinski definition) is 2. The van der Waals surface area contributed by atoms with Gasteiger partial charge in [0.25, 0.3) is 5.91 Å². The first-order chi connectivity index (χ1) is 11.5. The molecular formula is C18H30N4O2. The summed E-state index contributed by atoms with van der Waals surface area (Å²) in [6, 6.07) is 0. The molecule has 2 fully saturated rings. The summed E-state index contributed by atoms with van der Waals surface area (Å²) in [5.41, 5.74) is 1.86. The number of rotatable bonds is 4. The molecule has 0 bridgehead atoms. The zero-order chi connectivity index (χ0) is 17.2. The lowest BCUT2D eigenvalue weighted by Crippen LogP contribution is -2.43. The molecule has 0 aliphatic carbocycles. The molecule has 1 aromatic heterocycles. The fraction of sp³-hybridized carbons (Fsp3) is 0.778. The maximum atomic E-state index is 12.8. The summed E-state index contributed by atoms with van der Waals surface area (Å²) in [4.78, 5) is 17.0. The smallest absolute Gasteiger partial charge is 0.274 e. The third-order valence-corrected chi connectivity index (χ3v) is 5.59. The third kappa shape index (κ3) is 3.64. The van der Waals surface area contributed by atoms with Gasteiger partial charge in [-0.05, 0) is 58.5 Å². The van der Waals surface area contributed by atoms with Gasteiger partial charge in [-0.25, -0.2) is 0 Å². The summed E-state index contributed by atoms with van der Waals surface area (Å²) in [5.74, 6) is -0.00567. The molecule has 0 unspecified atom stereocenters. The van der Waals surface area contributed by atoms with Crippen molar-refractivity contribution in [2.45, 2.75) is 58.0 Å². The van der Waals surface area contributed by atoms with Crippen molar-refractivity contribution in [2.75, 3.05) is 32.7 Å². The Kier molecular flexibility index (Phi) is 5.25. The Labute approximate surface area is 144 Å². The molecule has 0 aromatic carbocycles. The van der Waals surface area contributed by atoms with E-state index < -0.39 is 5.60 Å². The number of nitrogens with one attached hydrogen (secondary N) is 1. The molecule has 0 saturated carbocycles. The Hall–Kier alpha value is -1.40. The molecule has 0 spiro atoms. The van der Waals surface area contributed by atoms with Crippen LogP contribution in [0.4, 0.5) is 0 Å². The van der Waals surface area contributed by atoms with Gasteiger partial charge in [0.05, 0.1) is 5.60 Å². The van der Waals surface area contributed by atoms with Gasteiger partial charge in [0.2, 0.25) is 0 Å².